The number of nitrogens with one attached hydrogen (secondary N) is 1. The lowest BCUT2D eigenvalue weighted by Gasteiger charge is -2.17. The maximum absolute atomic E-state index is 12.0. The molecule has 19 heavy (non-hydrogen) atoms. The summed E-state index contributed by atoms with van der Waals surface area (Å²) < 4.78 is 28.4. The highest BCUT2D eigenvalue weighted by Gasteiger charge is 2.35. The van der Waals surface area contributed by atoms with E-state index in [-0.39, 0.29) is 5.75 Å². The third-order valence-electron chi connectivity index (χ3n) is 4.02. The number of likely N-dealkylation sites (tertiary alicyclic amines) is 1. The van der Waals surface area contributed by atoms with E-state index in [1.54, 1.807) is 12.1 Å². The maximum Gasteiger partial charge on any atom is 0.387 e. The van der Waals surface area contributed by atoms with Crippen LogP contribution in [0.4, 0.5) is 8.78 Å². The van der Waals surface area contributed by atoms with Gasteiger partial charge in [0.1, 0.15) is 5.75 Å². The minimum Gasteiger partial charge on any atom is -0.435 e. The Morgan fingerprint density at radius 1 is 1.16 bits per heavy atom. The molecule has 3 rings (SSSR count). The summed E-state index contributed by atoms with van der Waals surface area (Å²) in [7, 11) is 0. The van der Waals surface area contributed by atoms with Gasteiger partial charge in [-0.1, -0.05) is 12.1 Å². The molecule has 0 unspecified atom stereocenters. The summed E-state index contributed by atoms with van der Waals surface area (Å²) in [6.07, 6.45) is 0. The first-order valence-electron chi connectivity index (χ1n) is 6.67. The summed E-state index contributed by atoms with van der Waals surface area (Å²) in [4.78, 5) is 2.44. The number of ether oxygens (including phenoxy) is 1. The highest BCUT2D eigenvalue weighted by molar-refractivity contribution is 5.27. The van der Waals surface area contributed by atoms with Gasteiger partial charge in [-0.15, -0.1) is 0 Å². The van der Waals surface area contributed by atoms with E-state index >= 15 is 0 Å². The van der Waals surface area contributed by atoms with Crippen molar-refractivity contribution in [2.75, 3.05) is 26.2 Å². The molecule has 2 fully saturated rings. The van der Waals surface area contributed by atoms with Crippen LogP contribution < -0.4 is 10.1 Å². The number of nitrogens with zero attached hydrogens (tertiary/aromatic N) is 1. The van der Waals surface area contributed by atoms with Gasteiger partial charge >= 0.3 is 6.61 Å². The number of hydrogen-bond donors (Lipinski definition) is 1. The van der Waals surface area contributed by atoms with Crippen LogP contribution in [0.2, 0.25) is 0 Å². The third kappa shape index (κ3) is 3.04. The Labute approximate surface area is 111 Å². The van der Waals surface area contributed by atoms with Gasteiger partial charge in [0.15, 0.2) is 0 Å². The Bertz CT molecular complexity index is 412. The van der Waals surface area contributed by atoms with Crippen LogP contribution >= 0.6 is 0 Å². The fourth-order valence-corrected chi connectivity index (χ4v) is 3.12. The van der Waals surface area contributed by atoms with Crippen molar-refractivity contribution in [1.82, 2.24) is 10.2 Å². The molecule has 3 nitrogen and oxygen atoms in total. The molecule has 0 radical (unpaired) electrons. The third-order valence-corrected chi connectivity index (χ3v) is 4.02. The predicted octanol–water partition coefficient (Wildman–Crippen LogP) is 1.94. The summed E-state index contributed by atoms with van der Waals surface area (Å²) in [5, 5.41) is 3.42. The van der Waals surface area contributed by atoms with Crippen molar-refractivity contribution < 1.29 is 13.5 Å². The van der Waals surface area contributed by atoms with Crippen molar-refractivity contribution in [3.05, 3.63) is 29.8 Å². The van der Waals surface area contributed by atoms with Gasteiger partial charge in [-0.3, -0.25) is 4.90 Å². The van der Waals surface area contributed by atoms with Crippen LogP contribution in [0.1, 0.15) is 5.56 Å². The monoisotopic (exact) mass is 268 g/mol. The second-order valence-electron chi connectivity index (χ2n) is 5.39. The van der Waals surface area contributed by atoms with Crippen molar-refractivity contribution in [3.63, 3.8) is 0 Å². The lowest BCUT2D eigenvalue weighted by Crippen LogP contribution is -2.25. The average Bonchev–Trinajstić information content (AvgIpc) is 2.91. The highest BCUT2D eigenvalue weighted by Crippen LogP contribution is 2.27. The zero-order chi connectivity index (χ0) is 13.2. The van der Waals surface area contributed by atoms with Crippen LogP contribution in [-0.4, -0.2) is 37.7 Å². The second-order valence-corrected chi connectivity index (χ2v) is 5.39. The van der Waals surface area contributed by atoms with Crippen LogP contribution in [0.25, 0.3) is 0 Å². The van der Waals surface area contributed by atoms with Crippen LogP contribution in [-0.2, 0) is 6.54 Å². The van der Waals surface area contributed by atoms with Crippen molar-refractivity contribution >= 4 is 0 Å². The summed E-state index contributed by atoms with van der Waals surface area (Å²) in [6.45, 7) is 2.66. The first-order valence-corrected chi connectivity index (χ1v) is 6.67. The summed E-state index contributed by atoms with van der Waals surface area (Å²) >= 11 is 0. The summed E-state index contributed by atoms with van der Waals surface area (Å²) in [5.74, 6) is 1.78. The van der Waals surface area contributed by atoms with Gasteiger partial charge in [0.2, 0.25) is 0 Å². The Balaban J connectivity index is 1.55. The zero-order valence-corrected chi connectivity index (χ0v) is 10.7. The van der Waals surface area contributed by atoms with Crippen LogP contribution in [0.3, 0.4) is 0 Å². The molecule has 0 amide bonds. The van der Waals surface area contributed by atoms with Crippen molar-refractivity contribution in [2.45, 2.75) is 13.2 Å². The molecule has 0 saturated carbocycles. The van der Waals surface area contributed by atoms with E-state index in [1.807, 2.05) is 12.1 Å². The molecular weight excluding hydrogens is 250 g/mol. The number of fused-ring (bicyclic) bond motifs is 1. The standard InChI is InChI=1S/C14H18F2N2O/c15-14(16)19-13-3-1-10(2-4-13)7-18-8-11-5-17-6-12(11)9-18/h1-4,11-12,14,17H,5-9H2/t11-,12+. The Morgan fingerprint density at radius 3 is 2.37 bits per heavy atom. The first kappa shape index (κ1) is 12.8. The van der Waals surface area contributed by atoms with Gasteiger partial charge < -0.3 is 10.1 Å². The molecule has 2 saturated heterocycles. The molecular formula is C14H18F2N2O. The largest absolute Gasteiger partial charge is 0.435 e. The molecule has 0 bridgehead atoms. The first-order chi connectivity index (χ1) is 9.20. The number of halogens is 2. The van der Waals surface area contributed by atoms with E-state index in [0.717, 1.165) is 50.1 Å². The normalized spacial score (nSPS) is 26.9. The van der Waals surface area contributed by atoms with E-state index in [2.05, 4.69) is 15.0 Å². The van der Waals surface area contributed by atoms with Gasteiger partial charge in [0.05, 0.1) is 0 Å². The molecule has 2 aliphatic rings. The predicted molar refractivity (Wildman–Crippen MR) is 68.2 cm³/mol. The van der Waals surface area contributed by atoms with Gasteiger partial charge in [0, 0.05) is 19.6 Å². The molecule has 2 heterocycles. The molecule has 2 aliphatic heterocycles. The minimum atomic E-state index is -2.75. The molecule has 1 aromatic rings. The Morgan fingerprint density at radius 2 is 1.79 bits per heavy atom. The van der Waals surface area contributed by atoms with Crippen LogP contribution in [0.15, 0.2) is 24.3 Å². The maximum atomic E-state index is 12.0. The molecule has 104 valence electrons. The smallest absolute Gasteiger partial charge is 0.387 e. The van der Waals surface area contributed by atoms with Crippen LogP contribution in [0.5, 0.6) is 5.75 Å². The van der Waals surface area contributed by atoms with E-state index in [9.17, 15) is 8.78 Å². The van der Waals surface area contributed by atoms with Gasteiger partial charge in [-0.2, -0.15) is 8.78 Å². The van der Waals surface area contributed by atoms with Crippen molar-refractivity contribution in [1.29, 1.82) is 0 Å². The number of hydrogen-bond acceptors (Lipinski definition) is 3. The summed E-state index contributed by atoms with van der Waals surface area (Å²) in [5.41, 5.74) is 1.15. The number of alkyl halides is 2. The number of rotatable bonds is 4. The fourth-order valence-electron chi connectivity index (χ4n) is 3.12. The molecule has 5 heteroatoms. The molecule has 0 aliphatic carbocycles. The lowest BCUT2D eigenvalue weighted by atomic mass is 10.0. The minimum absolute atomic E-state index is 0.223. The zero-order valence-electron chi connectivity index (χ0n) is 10.7. The topological polar surface area (TPSA) is 24.5 Å². The van der Waals surface area contributed by atoms with Gasteiger partial charge in [-0.05, 0) is 42.6 Å². The van der Waals surface area contributed by atoms with E-state index in [4.69, 9.17) is 0 Å². The van der Waals surface area contributed by atoms with Crippen LogP contribution in [0, 0.1) is 11.8 Å². The quantitative estimate of drug-likeness (QED) is 0.903. The van der Waals surface area contributed by atoms with Gasteiger partial charge in [0.25, 0.3) is 0 Å². The number of benzene rings is 1. The van der Waals surface area contributed by atoms with Crippen molar-refractivity contribution in [3.8, 4) is 5.75 Å². The lowest BCUT2D eigenvalue weighted by molar-refractivity contribution is -0.0498. The Kier molecular flexibility index (Phi) is 3.66. The molecule has 0 aromatic heterocycles. The summed E-state index contributed by atoms with van der Waals surface area (Å²) in [6, 6.07) is 6.95. The van der Waals surface area contributed by atoms with Gasteiger partial charge in [-0.25, -0.2) is 0 Å². The SMILES string of the molecule is FC(F)Oc1ccc(CN2C[C@H]3CNC[C@H]3C2)cc1. The molecule has 0 spiro atoms. The van der Waals surface area contributed by atoms with E-state index < -0.39 is 6.61 Å². The van der Waals surface area contributed by atoms with E-state index in [0.29, 0.717) is 0 Å². The van der Waals surface area contributed by atoms with Crippen molar-refractivity contribution in [2.24, 2.45) is 11.8 Å². The average molecular weight is 268 g/mol. The molecule has 2 atom stereocenters. The molecule has 1 aromatic carbocycles. The fraction of sp³-hybridized carbons (Fsp3) is 0.571. The second kappa shape index (κ2) is 5.43. The highest BCUT2D eigenvalue weighted by atomic mass is 19.3. The van der Waals surface area contributed by atoms with E-state index in [1.165, 1.54) is 0 Å². The Hall–Kier alpha value is -1.20. The molecule has 1 N–H and O–H groups in total.